The van der Waals surface area contributed by atoms with Gasteiger partial charge in [0.1, 0.15) is 5.82 Å². The highest BCUT2D eigenvalue weighted by Gasteiger charge is 2.26. The van der Waals surface area contributed by atoms with E-state index in [0.29, 0.717) is 24.8 Å². The minimum atomic E-state index is -1.26. The van der Waals surface area contributed by atoms with Crippen molar-refractivity contribution in [3.8, 4) is 5.75 Å². The highest BCUT2D eigenvalue weighted by Crippen LogP contribution is 2.33. The predicted octanol–water partition coefficient (Wildman–Crippen LogP) is 5.17. The molecule has 0 saturated carbocycles. The van der Waals surface area contributed by atoms with Crippen LogP contribution in [0.2, 0.25) is 0 Å². The van der Waals surface area contributed by atoms with E-state index in [1.165, 1.54) is 17.7 Å². The fraction of sp³-hybridized carbons (Fsp3) is 0.393. The van der Waals surface area contributed by atoms with Crippen LogP contribution in [0.25, 0.3) is 0 Å². The molecule has 11 heteroatoms. The second-order valence-electron chi connectivity index (χ2n) is 9.14. The number of carboxylic acids is 2. The Hall–Kier alpha value is -3.44. The van der Waals surface area contributed by atoms with Crippen LogP contribution in [0.1, 0.15) is 31.2 Å². The van der Waals surface area contributed by atoms with E-state index in [1.807, 2.05) is 11.8 Å². The molecule has 2 aliphatic rings. The summed E-state index contributed by atoms with van der Waals surface area (Å²) in [6, 6.07) is 12.3. The van der Waals surface area contributed by atoms with E-state index >= 15 is 0 Å². The number of ether oxygens (including phenoxy) is 1. The molecule has 1 saturated heterocycles. The zero-order chi connectivity index (χ0) is 28.2. The van der Waals surface area contributed by atoms with Crippen LogP contribution >= 0.6 is 11.8 Å². The van der Waals surface area contributed by atoms with Gasteiger partial charge in [-0.15, -0.1) is 0 Å². The molecule has 0 aliphatic carbocycles. The van der Waals surface area contributed by atoms with E-state index in [2.05, 4.69) is 41.1 Å². The number of hydrogen-bond donors (Lipinski definition) is 2. The number of para-hydroxylation sites is 1. The number of hydrogen-bond acceptors (Lipinski definition) is 7. The maximum absolute atomic E-state index is 13.6. The summed E-state index contributed by atoms with van der Waals surface area (Å²) >= 11 is 1.83. The number of likely N-dealkylation sites (tertiary alicyclic amines) is 1. The summed E-state index contributed by atoms with van der Waals surface area (Å²) in [7, 11) is 2.17. The standard InChI is InChI=1S/C24H29F2N3OS.C4H4O4/c1-28(24-27-22-7-3-2-6-18(22)17-31-24)20-10-13-29(14-11-20)12-4-5-15-30-23-9-8-19(25)16-21(23)26;5-3(6)1-2-4(7)8/h2-3,6-9,16,20H,4-5,10-15,17H2,1H3;1-2H,(H,5,6)(H,7,8)/b;2-1+. The first-order valence-electron chi connectivity index (χ1n) is 12.7. The van der Waals surface area contributed by atoms with E-state index in [4.69, 9.17) is 19.9 Å². The number of carboxylic acid groups (broad SMARTS) is 2. The molecule has 1 fully saturated rings. The molecular weight excluding hydrogens is 528 g/mol. The van der Waals surface area contributed by atoms with Crippen molar-refractivity contribution in [3.63, 3.8) is 0 Å². The number of thioether (sulfide) groups is 1. The maximum Gasteiger partial charge on any atom is 0.328 e. The van der Waals surface area contributed by atoms with Crippen molar-refractivity contribution >= 4 is 34.6 Å². The summed E-state index contributed by atoms with van der Waals surface area (Å²) in [5.74, 6) is -2.63. The molecule has 8 nitrogen and oxygen atoms in total. The number of nitrogens with zero attached hydrogens (tertiary/aromatic N) is 3. The Bertz CT molecular complexity index is 1170. The fourth-order valence-corrected chi connectivity index (χ4v) is 5.29. The lowest BCUT2D eigenvalue weighted by Gasteiger charge is -2.38. The van der Waals surface area contributed by atoms with Crippen molar-refractivity contribution in [2.24, 2.45) is 4.99 Å². The van der Waals surface area contributed by atoms with Crippen LogP contribution in [0.15, 0.2) is 59.6 Å². The van der Waals surface area contributed by atoms with Crippen molar-refractivity contribution in [1.82, 2.24) is 9.80 Å². The topological polar surface area (TPSA) is 103 Å². The first-order chi connectivity index (χ1) is 18.7. The normalized spacial score (nSPS) is 15.6. The predicted molar refractivity (Wildman–Crippen MR) is 148 cm³/mol. The first-order valence-corrected chi connectivity index (χ1v) is 13.7. The quantitative estimate of drug-likeness (QED) is 0.320. The minimum absolute atomic E-state index is 0.122. The lowest BCUT2D eigenvalue weighted by molar-refractivity contribution is -0.134. The molecular formula is C28H33F2N3O5S. The van der Waals surface area contributed by atoms with Crippen LogP contribution in [0.3, 0.4) is 0 Å². The number of rotatable bonds is 9. The summed E-state index contributed by atoms with van der Waals surface area (Å²) in [5, 5.41) is 16.8. The highest BCUT2D eigenvalue weighted by molar-refractivity contribution is 8.13. The Balaban J connectivity index is 0.000000459. The molecule has 39 heavy (non-hydrogen) atoms. The Morgan fingerprint density at radius 2 is 1.79 bits per heavy atom. The van der Waals surface area contributed by atoms with Crippen LogP contribution in [-0.4, -0.2) is 76.4 Å². The monoisotopic (exact) mass is 561 g/mol. The van der Waals surface area contributed by atoms with Gasteiger partial charge in [-0.05, 0) is 56.0 Å². The van der Waals surface area contributed by atoms with Gasteiger partial charge in [-0.1, -0.05) is 30.0 Å². The number of amidine groups is 1. The fourth-order valence-electron chi connectivity index (χ4n) is 4.24. The number of unbranched alkanes of at least 4 members (excludes halogenated alkanes) is 1. The molecule has 0 unspecified atom stereocenters. The Labute approximate surface area is 231 Å². The summed E-state index contributed by atoms with van der Waals surface area (Å²) < 4.78 is 31.9. The van der Waals surface area contributed by atoms with Gasteiger partial charge in [0, 0.05) is 50.2 Å². The molecule has 0 aromatic heterocycles. The van der Waals surface area contributed by atoms with Crippen LogP contribution in [0.4, 0.5) is 14.5 Å². The largest absolute Gasteiger partial charge is 0.491 e. The number of carbonyl (C=O) groups is 2. The maximum atomic E-state index is 13.6. The zero-order valence-corrected chi connectivity index (χ0v) is 22.6. The molecule has 2 N–H and O–H groups in total. The van der Waals surface area contributed by atoms with Crippen molar-refractivity contribution in [3.05, 3.63) is 71.8 Å². The lowest BCUT2D eigenvalue weighted by Crippen LogP contribution is -2.45. The SMILES string of the molecule is CN(C1=Nc2ccccc2CS1)C1CCN(CCCCOc2ccc(F)cc2F)CC1.O=C(O)/C=C/C(=O)O. The molecule has 2 aromatic carbocycles. The van der Waals surface area contributed by atoms with Crippen LogP contribution in [0.5, 0.6) is 5.75 Å². The highest BCUT2D eigenvalue weighted by atomic mass is 32.2. The molecule has 2 aromatic rings. The summed E-state index contributed by atoms with van der Waals surface area (Å²) in [5.41, 5.74) is 2.41. The van der Waals surface area contributed by atoms with Gasteiger partial charge in [-0.25, -0.2) is 23.4 Å². The summed E-state index contributed by atoms with van der Waals surface area (Å²) in [6.07, 6.45) is 5.24. The molecule has 2 heterocycles. The molecule has 0 bridgehead atoms. The van der Waals surface area contributed by atoms with Crippen LogP contribution in [-0.2, 0) is 15.3 Å². The second-order valence-corrected chi connectivity index (χ2v) is 10.1. The van der Waals surface area contributed by atoms with Crippen LogP contribution in [0, 0.1) is 11.6 Å². The van der Waals surface area contributed by atoms with Crippen molar-refractivity contribution < 1.29 is 33.3 Å². The second kappa shape index (κ2) is 15.2. The third-order valence-corrected chi connectivity index (χ3v) is 7.45. The summed E-state index contributed by atoms with van der Waals surface area (Å²) in [4.78, 5) is 28.8. The number of benzene rings is 2. The minimum Gasteiger partial charge on any atom is -0.491 e. The Morgan fingerprint density at radius 1 is 1.10 bits per heavy atom. The summed E-state index contributed by atoms with van der Waals surface area (Å²) in [6.45, 7) is 3.63. The average molecular weight is 562 g/mol. The number of aliphatic imine (C=N–C) groups is 1. The van der Waals surface area contributed by atoms with Gasteiger partial charge in [0.05, 0.1) is 12.3 Å². The third-order valence-electron chi connectivity index (χ3n) is 6.36. The molecule has 2 aliphatic heterocycles. The van der Waals surface area contributed by atoms with Gasteiger partial charge in [0.25, 0.3) is 0 Å². The van der Waals surface area contributed by atoms with Crippen molar-refractivity contribution in [1.29, 1.82) is 0 Å². The molecule has 0 atom stereocenters. The Morgan fingerprint density at radius 3 is 2.46 bits per heavy atom. The van der Waals surface area contributed by atoms with Crippen molar-refractivity contribution in [2.45, 2.75) is 37.5 Å². The van der Waals surface area contributed by atoms with Gasteiger partial charge >= 0.3 is 11.9 Å². The van der Waals surface area contributed by atoms with E-state index in [1.54, 1.807) is 0 Å². The molecule has 210 valence electrons. The van der Waals surface area contributed by atoms with Gasteiger partial charge in [0.2, 0.25) is 0 Å². The Kier molecular flexibility index (Phi) is 11.8. The van der Waals surface area contributed by atoms with E-state index < -0.39 is 23.6 Å². The van der Waals surface area contributed by atoms with E-state index in [0.717, 1.165) is 68.0 Å². The molecule has 0 amide bonds. The number of fused-ring (bicyclic) bond motifs is 1. The van der Waals surface area contributed by atoms with Gasteiger partial charge in [-0.2, -0.15) is 0 Å². The molecule has 0 spiro atoms. The molecule has 0 radical (unpaired) electrons. The zero-order valence-electron chi connectivity index (χ0n) is 21.8. The number of halogens is 2. The number of piperidine rings is 1. The third kappa shape index (κ3) is 9.99. The first kappa shape index (κ1) is 30.1. The van der Waals surface area contributed by atoms with E-state index in [9.17, 15) is 18.4 Å². The van der Waals surface area contributed by atoms with E-state index in [-0.39, 0.29) is 5.75 Å². The van der Waals surface area contributed by atoms with Crippen molar-refractivity contribution in [2.75, 3.05) is 33.3 Å². The smallest absolute Gasteiger partial charge is 0.328 e. The van der Waals surface area contributed by atoms with Crippen LogP contribution < -0.4 is 4.74 Å². The average Bonchev–Trinajstić information content (AvgIpc) is 2.93. The van der Waals surface area contributed by atoms with Gasteiger partial charge in [0.15, 0.2) is 16.7 Å². The molecule has 4 rings (SSSR count). The van der Waals surface area contributed by atoms with Gasteiger partial charge in [-0.3, -0.25) is 0 Å². The lowest BCUT2D eigenvalue weighted by atomic mass is 10.0. The number of aliphatic carboxylic acids is 2. The van der Waals surface area contributed by atoms with Gasteiger partial charge < -0.3 is 24.7 Å².